The summed E-state index contributed by atoms with van der Waals surface area (Å²) in [5.74, 6) is 1.18. The second-order valence-electron chi connectivity index (χ2n) is 7.72. The van der Waals surface area contributed by atoms with Gasteiger partial charge in [-0.05, 0) is 42.0 Å². The number of aromatic nitrogens is 3. The zero-order valence-corrected chi connectivity index (χ0v) is 21.2. The van der Waals surface area contributed by atoms with Gasteiger partial charge in [0.15, 0.2) is 17.1 Å². The first-order chi connectivity index (χ1) is 16.3. The Hall–Kier alpha value is -3.11. The molecule has 180 valence electrons. The summed E-state index contributed by atoms with van der Waals surface area (Å²) in [4.78, 5) is 24.3. The quantitative estimate of drug-likeness (QED) is 0.217. The number of ether oxygens (including phenoxy) is 2. The Kier molecular flexibility index (Phi) is 8.89. The van der Waals surface area contributed by atoms with Crippen LogP contribution in [-0.2, 0) is 16.1 Å². The van der Waals surface area contributed by atoms with E-state index in [4.69, 9.17) is 9.47 Å². The van der Waals surface area contributed by atoms with Crippen molar-refractivity contribution in [3.8, 4) is 5.75 Å². The van der Waals surface area contributed by atoms with Gasteiger partial charge in [-0.25, -0.2) is 4.79 Å². The summed E-state index contributed by atoms with van der Waals surface area (Å²) in [6.45, 7) is 10.5. The van der Waals surface area contributed by atoms with E-state index in [1.807, 2.05) is 23.6 Å². The van der Waals surface area contributed by atoms with Crippen LogP contribution >= 0.6 is 23.1 Å². The molecule has 3 rings (SSSR count). The molecule has 0 saturated carbocycles. The summed E-state index contributed by atoms with van der Waals surface area (Å²) in [5.41, 5.74) is 1.57. The van der Waals surface area contributed by atoms with E-state index in [0.29, 0.717) is 34.0 Å². The molecule has 2 aromatic heterocycles. The number of nitrogens with one attached hydrogen (secondary N) is 1. The van der Waals surface area contributed by atoms with Crippen LogP contribution in [0.15, 0.2) is 53.5 Å². The number of anilines is 1. The van der Waals surface area contributed by atoms with E-state index in [0.717, 1.165) is 5.75 Å². The maximum atomic E-state index is 12.5. The van der Waals surface area contributed by atoms with Crippen LogP contribution in [-0.4, -0.2) is 39.5 Å². The maximum Gasteiger partial charge on any atom is 0.340 e. The summed E-state index contributed by atoms with van der Waals surface area (Å²) < 4.78 is 12.7. The Morgan fingerprint density at radius 3 is 2.59 bits per heavy atom. The minimum Gasteiger partial charge on any atom is -0.483 e. The first-order valence-corrected chi connectivity index (χ1v) is 12.6. The van der Waals surface area contributed by atoms with Crippen molar-refractivity contribution in [2.45, 2.75) is 44.5 Å². The predicted octanol–water partition coefficient (Wildman–Crippen LogP) is 5.31. The van der Waals surface area contributed by atoms with Gasteiger partial charge in [0.25, 0.3) is 0 Å². The van der Waals surface area contributed by atoms with Crippen molar-refractivity contribution in [2.75, 3.05) is 18.2 Å². The number of methoxy groups -OCH3 is 1. The van der Waals surface area contributed by atoms with Gasteiger partial charge in [0.05, 0.1) is 18.4 Å². The number of esters is 1. The summed E-state index contributed by atoms with van der Waals surface area (Å²) >= 11 is 2.51. The van der Waals surface area contributed by atoms with Gasteiger partial charge >= 0.3 is 5.97 Å². The lowest BCUT2D eigenvalue weighted by molar-refractivity contribution is -0.113. The highest BCUT2D eigenvalue weighted by Gasteiger charge is 2.21. The summed E-state index contributed by atoms with van der Waals surface area (Å²) in [7, 11) is 1.30. The van der Waals surface area contributed by atoms with E-state index < -0.39 is 5.97 Å². The van der Waals surface area contributed by atoms with E-state index in [2.05, 4.69) is 48.1 Å². The normalized spacial score (nSPS) is 11.8. The van der Waals surface area contributed by atoms with Crippen LogP contribution in [0.5, 0.6) is 5.75 Å². The van der Waals surface area contributed by atoms with Crippen molar-refractivity contribution in [2.24, 2.45) is 0 Å². The molecule has 1 unspecified atom stereocenters. The predicted molar refractivity (Wildman–Crippen MR) is 135 cm³/mol. The third-order valence-corrected chi connectivity index (χ3v) is 6.73. The van der Waals surface area contributed by atoms with Crippen molar-refractivity contribution in [1.82, 2.24) is 14.8 Å². The number of thiophene rings is 1. The Morgan fingerprint density at radius 2 is 1.94 bits per heavy atom. The third kappa shape index (κ3) is 6.27. The third-order valence-electron chi connectivity index (χ3n) is 4.94. The number of carbonyl (C=O) groups excluding carboxylic acids is 2. The lowest BCUT2D eigenvalue weighted by Gasteiger charge is -2.16. The van der Waals surface area contributed by atoms with Crippen molar-refractivity contribution in [3.63, 3.8) is 0 Å². The molecule has 0 aliphatic rings. The Labute approximate surface area is 207 Å². The van der Waals surface area contributed by atoms with Gasteiger partial charge in [-0.2, -0.15) is 0 Å². The summed E-state index contributed by atoms with van der Waals surface area (Å²) in [6.07, 6.45) is 1.39. The fourth-order valence-electron chi connectivity index (χ4n) is 3.17. The number of nitrogens with zero attached hydrogens (tertiary/aromatic N) is 3. The van der Waals surface area contributed by atoms with Gasteiger partial charge in [0, 0.05) is 6.54 Å². The van der Waals surface area contributed by atoms with Crippen LogP contribution in [0.25, 0.3) is 0 Å². The number of rotatable bonds is 11. The SMILES string of the molecule is C=CCn1c(SCC(=O)Nc2sccc2C(=O)OC)nnc1C(C)Oc1ccc(C(C)C)cc1. The van der Waals surface area contributed by atoms with Crippen LogP contribution in [0.4, 0.5) is 5.00 Å². The second-order valence-corrected chi connectivity index (χ2v) is 9.57. The van der Waals surface area contributed by atoms with Gasteiger partial charge in [0.1, 0.15) is 10.8 Å². The van der Waals surface area contributed by atoms with Crippen LogP contribution in [0.1, 0.15) is 54.5 Å². The molecule has 0 aliphatic heterocycles. The second kappa shape index (κ2) is 11.8. The van der Waals surface area contributed by atoms with E-state index in [1.165, 1.54) is 35.8 Å². The first-order valence-electron chi connectivity index (χ1n) is 10.7. The van der Waals surface area contributed by atoms with Gasteiger partial charge in [-0.3, -0.25) is 9.36 Å². The van der Waals surface area contributed by atoms with Crippen LogP contribution in [0.3, 0.4) is 0 Å². The molecule has 1 atom stereocenters. The van der Waals surface area contributed by atoms with E-state index in [1.54, 1.807) is 17.5 Å². The summed E-state index contributed by atoms with van der Waals surface area (Å²) in [6, 6.07) is 9.63. The fraction of sp³-hybridized carbons (Fsp3) is 0.333. The molecule has 2 heterocycles. The highest BCUT2D eigenvalue weighted by molar-refractivity contribution is 7.99. The number of benzene rings is 1. The van der Waals surface area contributed by atoms with Crippen molar-refractivity contribution in [3.05, 3.63) is 65.3 Å². The molecule has 1 aromatic carbocycles. The highest BCUT2D eigenvalue weighted by Crippen LogP contribution is 2.27. The highest BCUT2D eigenvalue weighted by atomic mass is 32.2. The van der Waals surface area contributed by atoms with E-state index in [-0.39, 0.29) is 17.8 Å². The lowest BCUT2D eigenvalue weighted by Crippen LogP contribution is -2.16. The molecule has 10 heteroatoms. The Balaban J connectivity index is 1.66. The number of hydrogen-bond donors (Lipinski definition) is 1. The first kappa shape index (κ1) is 25.5. The molecule has 0 fully saturated rings. The Morgan fingerprint density at radius 1 is 1.21 bits per heavy atom. The topological polar surface area (TPSA) is 95.3 Å². The number of allylic oxidation sites excluding steroid dienone is 1. The van der Waals surface area contributed by atoms with Crippen molar-refractivity contribution >= 4 is 40.0 Å². The van der Waals surface area contributed by atoms with Crippen molar-refractivity contribution < 1.29 is 19.1 Å². The molecule has 0 spiro atoms. The molecule has 8 nitrogen and oxygen atoms in total. The van der Waals surface area contributed by atoms with Gasteiger partial charge in [0.2, 0.25) is 5.91 Å². The molecule has 1 amide bonds. The largest absolute Gasteiger partial charge is 0.483 e. The molecular weight excluding hydrogens is 472 g/mol. The van der Waals surface area contributed by atoms with Gasteiger partial charge in [-0.15, -0.1) is 28.1 Å². The average Bonchev–Trinajstić information content (AvgIpc) is 3.44. The standard InChI is InChI=1S/C24H28N4O4S2/c1-6-12-28-21(16(4)32-18-9-7-17(8-10-18)15(2)3)26-27-24(28)34-14-20(29)25-22-19(11-13-33-22)23(30)31-5/h6-11,13,15-16H,1,12,14H2,2-5H3,(H,25,29). The molecule has 0 aliphatic carbocycles. The van der Waals surface area contributed by atoms with E-state index >= 15 is 0 Å². The smallest absolute Gasteiger partial charge is 0.340 e. The van der Waals surface area contributed by atoms with E-state index in [9.17, 15) is 9.59 Å². The molecule has 1 N–H and O–H groups in total. The molecule has 0 radical (unpaired) electrons. The minimum atomic E-state index is -0.493. The Bertz CT molecular complexity index is 1140. The average molecular weight is 501 g/mol. The zero-order chi connectivity index (χ0) is 24.7. The molecular formula is C24H28N4O4S2. The number of thioether (sulfide) groups is 1. The monoisotopic (exact) mass is 500 g/mol. The minimum absolute atomic E-state index is 0.0969. The van der Waals surface area contributed by atoms with Crippen molar-refractivity contribution in [1.29, 1.82) is 0 Å². The van der Waals surface area contributed by atoms with Crippen LogP contribution in [0, 0.1) is 0 Å². The molecule has 0 saturated heterocycles. The zero-order valence-electron chi connectivity index (χ0n) is 19.6. The number of amides is 1. The molecule has 3 aromatic rings. The number of hydrogen-bond acceptors (Lipinski definition) is 8. The maximum absolute atomic E-state index is 12.5. The van der Waals surface area contributed by atoms with Gasteiger partial charge < -0.3 is 14.8 Å². The van der Waals surface area contributed by atoms with Crippen LogP contribution < -0.4 is 10.1 Å². The number of carbonyl (C=O) groups is 2. The fourth-order valence-corrected chi connectivity index (χ4v) is 4.71. The van der Waals surface area contributed by atoms with Crippen LogP contribution in [0.2, 0.25) is 0 Å². The van der Waals surface area contributed by atoms with Gasteiger partial charge in [-0.1, -0.05) is 43.8 Å². The lowest BCUT2D eigenvalue weighted by atomic mass is 10.0. The molecule has 0 bridgehead atoms. The molecule has 34 heavy (non-hydrogen) atoms. The summed E-state index contributed by atoms with van der Waals surface area (Å²) in [5, 5.41) is 14.1.